The van der Waals surface area contributed by atoms with Crippen molar-refractivity contribution in [1.29, 1.82) is 0 Å². The molecular weight excluding hydrogens is 301 g/mol. The summed E-state index contributed by atoms with van der Waals surface area (Å²) < 4.78 is 19.5. The zero-order valence-corrected chi connectivity index (χ0v) is 12.2. The van der Waals surface area contributed by atoms with Crippen molar-refractivity contribution in [3.63, 3.8) is 0 Å². The Morgan fingerprint density at radius 3 is 2.65 bits per heavy atom. The molecule has 1 N–H and O–H groups in total. The van der Waals surface area contributed by atoms with Crippen molar-refractivity contribution in [1.82, 2.24) is 5.32 Å². The van der Waals surface area contributed by atoms with Crippen LogP contribution in [-0.2, 0) is 6.61 Å². The summed E-state index contributed by atoms with van der Waals surface area (Å²) in [5.41, 5.74) is 1.41. The standard InChI is InChI=1S/C16H14FN3O3/c17-14-9-12(16-18-7-8-19-16)3-6-15(14)23-10-11-1-4-13(5-2-11)20(21)22/h1-6,9H,7-8,10H2,(H,18,19). The Kier molecular flexibility index (Phi) is 4.18. The minimum atomic E-state index is -0.471. The third-order valence-electron chi connectivity index (χ3n) is 3.42. The van der Waals surface area contributed by atoms with Gasteiger partial charge in [-0.2, -0.15) is 0 Å². The topological polar surface area (TPSA) is 76.8 Å². The van der Waals surface area contributed by atoms with E-state index < -0.39 is 10.7 Å². The van der Waals surface area contributed by atoms with E-state index in [4.69, 9.17) is 4.74 Å². The molecule has 1 aliphatic rings. The number of nitro benzene ring substituents is 1. The molecule has 6 nitrogen and oxygen atoms in total. The van der Waals surface area contributed by atoms with Crippen LogP contribution in [0.2, 0.25) is 0 Å². The molecule has 1 heterocycles. The molecule has 0 aromatic heterocycles. The Balaban J connectivity index is 1.67. The summed E-state index contributed by atoms with van der Waals surface area (Å²) in [7, 11) is 0. The van der Waals surface area contributed by atoms with Crippen LogP contribution in [0.25, 0.3) is 0 Å². The third-order valence-corrected chi connectivity index (χ3v) is 3.42. The Morgan fingerprint density at radius 1 is 1.26 bits per heavy atom. The Bertz CT molecular complexity index is 760. The summed E-state index contributed by atoms with van der Waals surface area (Å²) in [4.78, 5) is 14.4. The van der Waals surface area contributed by atoms with Gasteiger partial charge in [0.2, 0.25) is 0 Å². The number of hydrogen-bond acceptors (Lipinski definition) is 5. The molecule has 0 fully saturated rings. The van der Waals surface area contributed by atoms with Crippen LogP contribution in [0.15, 0.2) is 47.5 Å². The average molecular weight is 315 g/mol. The van der Waals surface area contributed by atoms with Crippen LogP contribution in [0.1, 0.15) is 11.1 Å². The van der Waals surface area contributed by atoms with Crippen molar-refractivity contribution in [3.8, 4) is 5.75 Å². The van der Waals surface area contributed by atoms with Gasteiger partial charge in [-0.15, -0.1) is 0 Å². The van der Waals surface area contributed by atoms with Crippen LogP contribution in [0, 0.1) is 15.9 Å². The van der Waals surface area contributed by atoms with Gasteiger partial charge in [0.1, 0.15) is 12.4 Å². The van der Waals surface area contributed by atoms with Gasteiger partial charge in [-0.3, -0.25) is 15.1 Å². The number of non-ortho nitro benzene ring substituents is 1. The summed E-state index contributed by atoms with van der Waals surface area (Å²) >= 11 is 0. The highest BCUT2D eigenvalue weighted by Crippen LogP contribution is 2.21. The van der Waals surface area contributed by atoms with E-state index in [1.54, 1.807) is 24.3 Å². The first-order valence-electron chi connectivity index (χ1n) is 7.08. The lowest BCUT2D eigenvalue weighted by atomic mass is 10.2. The highest BCUT2D eigenvalue weighted by atomic mass is 19.1. The lowest BCUT2D eigenvalue weighted by Crippen LogP contribution is -2.19. The van der Waals surface area contributed by atoms with E-state index in [0.29, 0.717) is 17.9 Å². The summed E-state index contributed by atoms with van der Waals surface area (Å²) in [6.07, 6.45) is 0. The van der Waals surface area contributed by atoms with Gasteiger partial charge in [-0.05, 0) is 35.9 Å². The van der Waals surface area contributed by atoms with E-state index >= 15 is 0 Å². The third kappa shape index (κ3) is 3.45. The largest absolute Gasteiger partial charge is 0.486 e. The molecule has 0 saturated carbocycles. The Labute approximate surface area is 131 Å². The van der Waals surface area contributed by atoms with Crippen LogP contribution in [0.4, 0.5) is 10.1 Å². The molecule has 23 heavy (non-hydrogen) atoms. The minimum absolute atomic E-state index is 0.00845. The molecule has 1 aliphatic heterocycles. The van der Waals surface area contributed by atoms with Crippen LogP contribution in [0.3, 0.4) is 0 Å². The number of hydrogen-bond donors (Lipinski definition) is 1. The number of rotatable bonds is 5. The molecule has 7 heteroatoms. The quantitative estimate of drug-likeness (QED) is 0.680. The molecule has 0 spiro atoms. The fourth-order valence-electron chi connectivity index (χ4n) is 2.23. The van der Waals surface area contributed by atoms with E-state index in [0.717, 1.165) is 12.1 Å². The van der Waals surface area contributed by atoms with Gasteiger partial charge in [0.05, 0.1) is 11.5 Å². The van der Waals surface area contributed by atoms with Gasteiger partial charge < -0.3 is 10.1 Å². The van der Waals surface area contributed by atoms with Crippen molar-refractivity contribution in [3.05, 3.63) is 69.5 Å². The maximum Gasteiger partial charge on any atom is 0.269 e. The summed E-state index contributed by atoms with van der Waals surface area (Å²) in [6, 6.07) is 10.6. The van der Waals surface area contributed by atoms with Gasteiger partial charge in [0.15, 0.2) is 11.6 Å². The van der Waals surface area contributed by atoms with Gasteiger partial charge in [0, 0.05) is 24.2 Å². The van der Waals surface area contributed by atoms with Gasteiger partial charge in [0.25, 0.3) is 5.69 Å². The van der Waals surface area contributed by atoms with Crippen molar-refractivity contribution >= 4 is 11.5 Å². The Morgan fingerprint density at radius 2 is 2.04 bits per heavy atom. The maximum atomic E-state index is 14.1. The first-order valence-corrected chi connectivity index (χ1v) is 7.08. The molecule has 2 aromatic rings. The first-order chi connectivity index (χ1) is 11.1. The van der Waals surface area contributed by atoms with E-state index in [2.05, 4.69) is 10.3 Å². The zero-order valence-electron chi connectivity index (χ0n) is 12.2. The molecular formula is C16H14FN3O3. The lowest BCUT2D eigenvalue weighted by Gasteiger charge is -2.09. The second kappa shape index (κ2) is 6.43. The van der Waals surface area contributed by atoms with Gasteiger partial charge in [-0.25, -0.2) is 4.39 Å². The minimum Gasteiger partial charge on any atom is -0.486 e. The SMILES string of the molecule is O=[N+]([O-])c1ccc(COc2ccc(C3=NCCN3)cc2F)cc1. The van der Waals surface area contributed by atoms with Crippen LogP contribution in [0.5, 0.6) is 5.75 Å². The molecule has 0 atom stereocenters. The van der Waals surface area contributed by atoms with E-state index in [9.17, 15) is 14.5 Å². The van der Waals surface area contributed by atoms with Crippen LogP contribution in [-0.4, -0.2) is 23.8 Å². The number of benzene rings is 2. The summed E-state index contributed by atoms with van der Waals surface area (Å²) in [5.74, 6) is 0.345. The first kappa shape index (κ1) is 15.0. The molecule has 2 aromatic carbocycles. The number of nitro groups is 1. The maximum absolute atomic E-state index is 14.1. The molecule has 0 bridgehead atoms. The fourth-order valence-corrected chi connectivity index (χ4v) is 2.23. The van der Waals surface area contributed by atoms with Gasteiger partial charge in [-0.1, -0.05) is 0 Å². The number of amidine groups is 1. The number of nitrogens with zero attached hydrogens (tertiary/aromatic N) is 2. The molecule has 118 valence electrons. The van der Waals surface area contributed by atoms with Crippen molar-refractivity contribution < 1.29 is 14.1 Å². The molecule has 0 radical (unpaired) electrons. The number of nitrogens with one attached hydrogen (secondary N) is 1. The molecule has 0 saturated heterocycles. The summed E-state index contributed by atoms with van der Waals surface area (Å²) in [5, 5.41) is 13.7. The lowest BCUT2D eigenvalue weighted by molar-refractivity contribution is -0.384. The van der Waals surface area contributed by atoms with Gasteiger partial charge >= 0.3 is 0 Å². The van der Waals surface area contributed by atoms with Crippen molar-refractivity contribution in [2.24, 2.45) is 4.99 Å². The number of ether oxygens (including phenoxy) is 1. The molecule has 0 amide bonds. The smallest absolute Gasteiger partial charge is 0.269 e. The molecule has 0 unspecified atom stereocenters. The fraction of sp³-hybridized carbons (Fsp3) is 0.188. The number of aliphatic imine (C=N–C) groups is 1. The average Bonchev–Trinajstić information content (AvgIpc) is 3.08. The Hall–Kier alpha value is -2.96. The van der Waals surface area contributed by atoms with E-state index in [1.165, 1.54) is 18.2 Å². The van der Waals surface area contributed by atoms with E-state index in [-0.39, 0.29) is 18.0 Å². The monoisotopic (exact) mass is 315 g/mol. The highest BCUT2D eigenvalue weighted by Gasteiger charge is 2.12. The zero-order chi connectivity index (χ0) is 16.2. The van der Waals surface area contributed by atoms with Crippen molar-refractivity contribution in [2.75, 3.05) is 13.1 Å². The van der Waals surface area contributed by atoms with Crippen molar-refractivity contribution in [2.45, 2.75) is 6.61 Å². The normalized spacial score (nSPS) is 13.3. The summed E-state index contributed by atoms with van der Waals surface area (Å²) in [6.45, 7) is 1.58. The van der Waals surface area contributed by atoms with Crippen LogP contribution < -0.4 is 10.1 Å². The highest BCUT2D eigenvalue weighted by molar-refractivity contribution is 5.99. The predicted octanol–water partition coefficient (Wildman–Crippen LogP) is 2.66. The van der Waals surface area contributed by atoms with E-state index in [1.807, 2.05) is 0 Å². The predicted molar refractivity (Wildman–Crippen MR) is 83.2 cm³/mol. The second-order valence-corrected chi connectivity index (χ2v) is 5.01. The molecule has 3 rings (SSSR count). The number of halogens is 1. The second-order valence-electron chi connectivity index (χ2n) is 5.01. The molecule has 0 aliphatic carbocycles. The van der Waals surface area contributed by atoms with Crippen LogP contribution >= 0.6 is 0 Å².